The van der Waals surface area contributed by atoms with Gasteiger partial charge in [0.1, 0.15) is 11.8 Å². The van der Waals surface area contributed by atoms with E-state index in [0.29, 0.717) is 35.5 Å². The van der Waals surface area contributed by atoms with Crippen LogP contribution >= 0.6 is 0 Å². The maximum Gasteiger partial charge on any atom is 0.265 e. The summed E-state index contributed by atoms with van der Waals surface area (Å²) >= 11 is 0. The van der Waals surface area contributed by atoms with E-state index < -0.39 is 22.2 Å². The molecule has 2 aromatic carbocycles. The van der Waals surface area contributed by atoms with Crippen molar-refractivity contribution < 1.29 is 22.7 Å². The number of amides is 2. The molecule has 0 bridgehead atoms. The Bertz CT molecular complexity index is 1180. The van der Waals surface area contributed by atoms with Gasteiger partial charge < -0.3 is 15.0 Å². The topological polar surface area (TPSA) is 96.0 Å². The molecule has 0 spiro atoms. The predicted octanol–water partition coefficient (Wildman–Crippen LogP) is 2.84. The molecule has 9 heteroatoms. The largest absolute Gasteiger partial charge is 0.479 e. The maximum absolute atomic E-state index is 13.6. The maximum atomic E-state index is 13.6. The molecule has 2 aliphatic rings. The van der Waals surface area contributed by atoms with Crippen molar-refractivity contribution in [3.8, 4) is 5.75 Å². The van der Waals surface area contributed by atoms with Crippen LogP contribution in [-0.2, 0) is 19.6 Å². The lowest BCUT2D eigenvalue weighted by atomic mass is 10.1. The second-order valence-corrected chi connectivity index (χ2v) is 10.2. The minimum absolute atomic E-state index is 0.0808. The van der Waals surface area contributed by atoms with Gasteiger partial charge in [0, 0.05) is 25.3 Å². The number of rotatable bonds is 4. The number of hydrogen-bond acceptors (Lipinski definition) is 5. The van der Waals surface area contributed by atoms with Crippen molar-refractivity contribution in [2.45, 2.75) is 50.7 Å². The van der Waals surface area contributed by atoms with Crippen molar-refractivity contribution in [1.29, 1.82) is 0 Å². The van der Waals surface area contributed by atoms with Crippen LogP contribution in [0, 0.1) is 13.8 Å². The smallest absolute Gasteiger partial charge is 0.265 e. The molecule has 1 saturated heterocycles. The van der Waals surface area contributed by atoms with Gasteiger partial charge in [-0.05, 0) is 57.4 Å². The zero-order valence-corrected chi connectivity index (χ0v) is 19.4. The van der Waals surface area contributed by atoms with E-state index in [2.05, 4.69) is 5.32 Å². The van der Waals surface area contributed by atoms with Crippen LogP contribution in [0.25, 0.3) is 0 Å². The highest BCUT2D eigenvalue weighted by Gasteiger charge is 2.42. The van der Waals surface area contributed by atoms with Crippen LogP contribution in [0.2, 0.25) is 0 Å². The summed E-state index contributed by atoms with van der Waals surface area (Å²) in [5, 5.41) is 2.73. The number of hydrogen-bond donors (Lipinski definition) is 1. The Morgan fingerprint density at radius 1 is 1.19 bits per heavy atom. The minimum atomic E-state index is -3.96. The fraction of sp³-hybridized carbons (Fsp3) is 0.391. The van der Waals surface area contributed by atoms with Gasteiger partial charge in [-0.1, -0.05) is 17.7 Å². The Labute approximate surface area is 188 Å². The molecule has 2 aromatic rings. The molecule has 8 nitrogen and oxygen atoms in total. The summed E-state index contributed by atoms with van der Waals surface area (Å²) < 4.78 is 34.1. The van der Waals surface area contributed by atoms with Crippen molar-refractivity contribution in [3.63, 3.8) is 0 Å². The van der Waals surface area contributed by atoms with Gasteiger partial charge >= 0.3 is 0 Å². The van der Waals surface area contributed by atoms with Crippen molar-refractivity contribution in [2.75, 3.05) is 23.8 Å². The highest BCUT2D eigenvalue weighted by Crippen LogP contribution is 2.37. The Morgan fingerprint density at radius 2 is 1.88 bits per heavy atom. The predicted molar refractivity (Wildman–Crippen MR) is 121 cm³/mol. The van der Waals surface area contributed by atoms with E-state index in [9.17, 15) is 18.0 Å². The summed E-state index contributed by atoms with van der Waals surface area (Å²) in [4.78, 5) is 26.7. The number of benzene rings is 2. The molecule has 2 atom stereocenters. The standard InChI is InChI=1S/C23H27N3O5S/c1-14-7-9-17(10-8-14)25(4)23(28)19-6-5-11-26(19)32(29,30)21-13-20-18(12-15(21)2)24-22(27)16(3)31-20/h7-10,12-13,16,19H,5-6,11H2,1-4H3,(H,24,27)/t16-,19+/m0/s1. The van der Waals surface area contributed by atoms with Gasteiger partial charge in [0.15, 0.2) is 6.10 Å². The number of likely N-dealkylation sites (N-methyl/N-ethyl adjacent to an activating group) is 1. The van der Waals surface area contributed by atoms with Gasteiger partial charge in [-0.3, -0.25) is 9.59 Å². The highest BCUT2D eigenvalue weighted by molar-refractivity contribution is 7.89. The summed E-state index contributed by atoms with van der Waals surface area (Å²) in [5.74, 6) is -0.236. The molecule has 0 saturated carbocycles. The number of nitrogens with one attached hydrogen (secondary N) is 1. The summed E-state index contributed by atoms with van der Waals surface area (Å²) in [6, 6.07) is 9.79. The van der Waals surface area contributed by atoms with Crippen LogP contribution in [0.3, 0.4) is 0 Å². The molecule has 4 rings (SSSR count). The van der Waals surface area contributed by atoms with Gasteiger partial charge in [-0.25, -0.2) is 8.42 Å². The summed E-state index contributed by atoms with van der Waals surface area (Å²) in [6.45, 7) is 5.50. The molecule has 170 valence electrons. The molecule has 1 fully saturated rings. The van der Waals surface area contributed by atoms with Crippen LogP contribution in [-0.4, -0.2) is 50.3 Å². The summed E-state index contributed by atoms with van der Waals surface area (Å²) in [5.41, 5.74) is 2.72. The summed E-state index contributed by atoms with van der Waals surface area (Å²) in [7, 11) is -2.29. The first-order valence-electron chi connectivity index (χ1n) is 10.6. The lowest BCUT2D eigenvalue weighted by molar-refractivity contribution is -0.123. The second-order valence-electron chi connectivity index (χ2n) is 8.37. The number of sulfonamides is 1. The van der Waals surface area contributed by atoms with E-state index in [0.717, 1.165) is 5.56 Å². The molecule has 0 radical (unpaired) electrons. The zero-order chi connectivity index (χ0) is 23.2. The first-order chi connectivity index (χ1) is 15.1. The Kier molecular flexibility index (Phi) is 5.72. The molecule has 2 aliphatic heterocycles. The Morgan fingerprint density at radius 3 is 2.56 bits per heavy atom. The van der Waals surface area contributed by atoms with Crippen LogP contribution in [0.5, 0.6) is 5.75 Å². The molecule has 0 aromatic heterocycles. The normalized spacial score (nSPS) is 20.9. The third kappa shape index (κ3) is 3.86. The molecule has 2 heterocycles. The lowest BCUT2D eigenvalue weighted by Crippen LogP contribution is -2.46. The van der Waals surface area contributed by atoms with Crippen LogP contribution in [0.4, 0.5) is 11.4 Å². The van der Waals surface area contributed by atoms with Crippen LogP contribution < -0.4 is 15.0 Å². The number of carbonyl (C=O) groups is 2. The van der Waals surface area contributed by atoms with Gasteiger partial charge in [0.25, 0.3) is 5.91 Å². The van der Waals surface area contributed by atoms with E-state index in [-0.39, 0.29) is 23.3 Å². The molecular weight excluding hydrogens is 430 g/mol. The van der Waals surface area contributed by atoms with Gasteiger partial charge in [-0.2, -0.15) is 4.31 Å². The number of carbonyl (C=O) groups excluding carboxylic acids is 2. The van der Waals surface area contributed by atoms with Crippen LogP contribution in [0.1, 0.15) is 30.9 Å². The first-order valence-corrected chi connectivity index (χ1v) is 12.0. The summed E-state index contributed by atoms with van der Waals surface area (Å²) in [6.07, 6.45) is 0.345. The van der Waals surface area contributed by atoms with E-state index >= 15 is 0 Å². The number of nitrogens with zero attached hydrogens (tertiary/aromatic N) is 2. The Hall–Kier alpha value is -2.91. The third-order valence-electron chi connectivity index (χ3n) is 6.04. The number of aryl methyl sites for hydroxylation is 2. The fourth-order valence-corrected chi connectivity index (χ4v) is 6.02. The minimum Gasteiger partial charge on any atom is -0.479 e. The van der Waals surface area contributed by atoms with E-state index in [1.165, 1.54) is 15.3 Å². The van der Waals surface area contributed by atoms with E-state index in [1.807, 2.05) is 31.2 Å². The van der Waals surface area contributed by atoms with Crippen molar-refractivity contribution in [2.24, 2.45) is 0 Å². The van der Waals surface area contributed by atoms with E-state index in [4.69, 9.17) is 4.74 Å². The number of anilines is 2. The number of ether oxygens (including phenoxy) is 1. The van der Waals surface area contributed by atoms with Crippen molar-refractivity contribution in [3.05, 3.63) is 47.5 Å². The quantitative estimate of drug-likeness (QED) is 0.762. The zero-order valence-electron chi connectivity index (χ0n) is 18.6. The average Bonchev–Trinajstić information content (AvgIpc) is 3.25. The highest BCUT2D eigenvalue weighted by atomic mass is 32.2. The van der Waals surface area contributed by atoms with Crippen molar-refractivity contribution in [1.82, 2.24) is 4.31 Å². The SMILES string of the molecule is Cc1ccc(N(C)C(=O)[C@H]2CCCN2S(=O)(=O)c2cc3c(cc2C)NC(=O)[C@H](C)O3)cc1. The third-order valence-corrected chi connectivity index (χ3v) is 8.09. The molecule has 0 aliphatic carbocycles. The monoisotopic (exact) mass is 457 g/mol. The molecule has 2 amide bonds. The molecule has 32 heavy (non-hydrogen) atoms. The van der Waals surface area contributed by atoms with Crippen molar-refractivity contribution >= 4 is 33.2 Å². The van der Waals surface area contributed by atoms with Crippen LogP contribution in [0.15, 0.2) is 41.3 Å². The van der Waals surface area contributed by atoms with Gasteiger partial charge in [0.2, 0.25) is 15.9 Å². The number of fused-ring (bicyclic) bond motifs is 1. The average molecular weight is 458 g/mol. The Balaban J connectivity index is 1.65. The first kappa shape index (κ1) is 22.3. The van der Waals surface area contributed by atoms with E-state index in [1.54, 1.807) is 27.0 Å². The van der Waals surface area contributed by atoms with Gasteiger partial charge in [-0.15, -0.1) is 0 Å². The lowest BCUT2D eigenvalue weighted by Gasteiger charge is -2.29. The second kappa shape index (κ2) is 8.22. The molecule has 1 N–H and O–H groups in total. The molecular formula is C23H27N3O5S. The van der Waals surface area contributed by atoms with Gasteiger partial charge in [0.05, 0.1) is 10.6 Å². The fourth-order valence-electron chi connectivity index (χ4n) is 4.14. The molecule has 0 unspecified atom stereocenters.